The van der Waals surface area contributed by atoms with E-state index in [-0.39, 0.29) is 6.04 Å². The Hall–Kier alpha value is -1.92. The van der Waals surface area contributed by atoms with Crippen LogP contribution in [0, 0.1) is 0 Å². The molecule has 0 radical (unpaired) electrons. The number of anilines is 1. The van der Waals surface area contributed by atoms with E-state index in [1.54, 1.807) is 17.7 Å². The summed E-state index contributed by atoms with van der Waals surface area (Å²) in [5.74, 6) is 0.772. The molecule has 1 aliphatic rings. The molecular weight excluding hydrogens is 348 g/mol. The zero-order valence-electron chi connectivity index (χ0n) is 10.9. The van der Waals surface area contributed by atoms with Gasteiger partial charge in [-0.05, 0) is 35.2 Å². The first-order valence-electron chi connectivity index (χ1n) is 6.49. The van der Waals surface area contributed by atoms with Crippen molar-refractivity contribution < 1.29 is 0 Å². The van der Waals surface area contributed by atoms with E-state index in [0.29, 0.717) is 0 Å². The number of rotatable bonds is 2. The summed E-state index contributed by atoms with van der Waals surface area (Å²) in [4.78, 5) is 1.20. The minimum Gasteiger partial charge on any atom is -0.323 e. The first-order chi connectivity index (χ1) is 10.3. The maximum Gasteiger partial charge on any atom is 0.229 e. The summed E-state index contributed by atoms with van der Waals surface area (Å²) in [6.45, 7) is 0. The van der Waals surface area contributed by atoms with Crippen LogP contribution in [0.15, 0.2) is 58.7 Å². The van der Waals surface area contributed by atoms with Gasteiger partial charge < -0.3 is 5.32 Å². The molecule has 0 aliphatic carbocycles. The largest absolute Gasteiger partial charge is 0.323 e. The standard InChI is InChI=1S/C15H11BrN4S/c16-11-5-3-10(4-6-11)13-8-12(14-2-1-7-21-14)18-15-19-17-9-20(13)15/h1-9,13H,(H,18,19)/t13-/m1/s1. The molecule has 0 fully saturated rings. The number of nitrogens with one attached hydrogen (secondary N) is 1. The first-order valence-corrected chi connectivity index (χ1v) is 8.16. The molecule has 6 heteroatoms. The second-order valence-corrected chi connectivity index (χ2v) is 6.60. The molecule has 0 saturated carbocycles. The Kier molecular flexibility index (Phi) is 3.12. The molecular formula is C15H11BrN4S. The van der Waals surface area contributed by atoms with E-state index in [2.05, 4.69) is 79.3 Å². The Balaban J connectivity index is 1.82. The van der Waals surface area contributed by atoms with E-state index < -0.39 is 0 Å². The van der Waals surface area contributed by atoms with Crippen molar-refractivity contribution >= 4 is 38.9 Å². The average Bonchev–Trinajstić information content (AvgIpc) is 3.18. The second-order valence-electron chi connectivity index (χ2n) is 4.74. The minimum atomic E-state index is 0.0986. The number of fused-ring (bicyclic) bond motifs is 1. The van der Waals surface area contributed by atoms with Gasteiger partial charge in [0.25, 0.3) is 0 Å². The number of hydrogen-bond acceptors (Lipinski definition) is 4. The Morgan fingerprint density at radius 1 is 1.19 bits per heavy atom. The molecule has 3 heterocycles. The van der Waals surface area contributed by atoms with Gasteiger partial charge in [-0.25, -0.2) is 0 Å². The molecule has 4 rings (SSSR count). The molecule has 1 N–H and O–H groups in total. The number of hydrogen-bond donors (Lipinski definition) is 1. The zero-order valence-corrected chi connectivity index (χ0v) is 13.3. The molecule has 3 aromatic rings. The summed E-state index contributed by atoms with van der Waals surface area (Å²) in [7, 11) is 0. The Labute approximate surface area is 134 Å². The highest BCUT2D eigenvalue weighted by Gasteiger charge is 2.22. The summed E-state index contributed by atoms with van der Waals surface area (Å²) in [6.07, 6.45) is 3.97. The lowest BCUT2D eigenvalue weighted by Crippen LogP contribution is -2.18. The van der Waals surface area contributed by atoms with Gasteiger partial charge in [0.1, 0.15) is 6.33 Å². The predicted octanol–water partition coefficient (Wildman–Crippen LogP) is 4.16. The van der Waals surface area contributed by atoms with Crippen LogP contribution < -0.4 is 5.32 Å². The van der Waals surface area contributed by atoms with Gasteiger partial charge in [0.05, 0.1) is 16.6 Å². The van der Waals surface area contributed by atoms with Gasteiger partial charge in [-0.15, -0.1) is 21.5 Å². The summed E-state index contributed by atoms with van der Waals surface area (Å²) >= 11 is 5.19. The van der Waals surface area contributed by atoms with Gasteiger partial charge in [0, 0.05) is 4.47 Å². The molecule has 21 heavy (non-hydrogen) atoms. The normalized spacial score (nSPS) is 17.0. The molecule has 104 valence electrons. The van der Waals surface area contributed by atoms with Crippen LogP contribution in [0.4, 0.5) is 5.95 Å². The molecule has 4 nitrogen and oxygen atoms in total. The highest BCUT2D eigenvalue weighted by atomic mass is 79.9. The van der Waals surface area contributed by atoms with Crippen LogP contribution in [-0.4, -0.2) is 14.8 Å². The fourth-order valence-electron chi connectivity index (χ4n) is 2.43. The summed E-state index contributed by atoms with van der Waals surface area (Å²) in [5, 5.41) is 13.6. The van der Waals surface area contributed by atoms with Crippen LogP contribution in [0.1, 0.15) is 16.5 Å². The van der Waals surface area contributed by atoms with E-state index in [1.807, 2.05) is 4.57 Å². The third-order valence-corrected chi connectivity index (χ3v) is 4.87. The van der Waals surface area contributed by atoms with Gasteiger partial charge >= 0.3 is 0 Å². The molecule has 0 saturated heterocycles. The van der Waals surface area contributed by atoms with Crippen molar-refractivity contribution in [2.75, 3.05) is 5.32 Å². The average molecular weight is 359 g/mol. The van der Waals surface area contributed by atoms with Crippen LogP contribution in [0.25, 0.3) is 5.70 Å². The van der Waals surface area contributed by atoms with E-state index in [9.17, 15) is 0 Å². The van der Waals surface area contributed by atoms with E-state index in [0.717, 1.165) is 16.1 Å². The lowest BCUT2D eigenvalue weighted by molar-refractivity contribution is 0.696. The number of aromatic nitrogens is 3. The molecule has 0 amide bonds. The summed E-state index contributed by atoms with van der Waals surface area (Å²) in [5.41, 5.74) is 2.29. The van der Waals surface area contributed by atoms with Crippen molar-refractivity contribution in [1.82, 2.24) is 14.8 Å². The van der Waals surface area contributed by atoms with E-state index in [1.165, 1.54) is 10.4 Å². The maximum absolute atomic E-state index is 4.17. The van der Waals surface area contributed by atoms with Crippen LogP contribution in [0.3, 0.4) is 0 Å². The van der Waals surface area contributed by atoms with Crippen molar-refractivity contribution in [2.24, 2.45) is 0 Å². The lowest BCUT2D eigenvalue weighted by Gasteiger charge is -2.24. The monoisotopic (exact) mass is 358 g/mol. The molecule has 0 bridgehead atoms. The Morgan fingerprint density at radius 2 is 2.05 bits per heavy atom. The molecule has 1 aromatic carbocycles. The summed E-state index contributed by atoms with van der Waals surface area (Å²) < 4.78 is 3.12. The van der Waals surface area contributed by atoms with Gasteiger partial charge in [-0.1, -0.05) is 34.1 Å². The SMILES string of the molecule is Brc1ccc([C@H]2C=C(c3cccs3)Nc3nncn32)cc1. The maximum atomic E-state index is 4.17. The second kappa shape index (κ2) is 5.13. The molecule has 1 aliphatic heterocycles. The smallest absolute Gasteiger partial charge is 0.229 e. The molecule has 1 atom stereocenters. The van der Waals surface area contributed by atoms with Gasteiger partial charge in [0.15, 0.2) is 0 Å². The number of nitrogens with zero attached hydrogens (tertiary/aromatic N) is 3. The lowest BCUT2D eigenvalue weighted by atomic mass is 10.0. The van der Waals surface area contributed by atoms with Gasteiger partial charge in [0.2, 0.25) is 5.95 Å². The van der Waals surface area contributed by atoms with Crippen molar-refractivity contribution in [3.8, 4) is 0 Å². The van der Waals surface area contributed by atoms with Crippen molar-refractivity contribution in [3.63, 3.8) is 0 Å². The predicted molar refractivity (Wildman–Crippen MR) is 88.2 cm³/mol. The topological polar surface area (TPSA) is 42.7 Å². The molecule has 0 spiro atoms. The van der Waals surface area contributed by atoms with Crippen molar-refractivity contribution in [3.05, 3.63) is 69.1 Å². The number of allylic oxidation sites excluding steroid dienone is 1. The third-order valence-electron chi connectivity index (χ3n) is 3.44. The number of halogens is 1. The fourth-order valence-corrected chi connectivity index (χ4v) is 3.40. The van der Waals surface area contributed by atoms with Crippen molar-refractivity contribution in [1.29, 1.82) is 0 Å². The van der Waals surface area contributed by atoms with Gasteiger partial charge in [-0.2, -0.15) is 0 Å². The highest BCUT2D eigenvalue weighted by Crippen LogP contribution is 2.33. The summed E-state index contributed by atoms with van der Waals surface area (Å²) in [6, 6.07) is 12.6. The van der Waals surface area contributed by atoms with E-state index >= 15 is 0 Å². The third kappa shape index (κ3) is 2.30. The zero-order chi connectivity index (χ0) is 14.2. The Morgan fingerprint density at radius 3 is 2.81 bits per heavy atom. The number of thiophene rings is 1. The van der Waals surface area contributed by atoms with Crippen molar-refractivity contribution in [2.45, 2.75) is 6.04 Å². The van der Waals surface area contributed by atoms with E-state index in [4.69, 9.17) is 0 Å². The quantitative estimate of drug-likeness (QED) is 0.747. The molecule has 2 aromatic heterocycles. The number of benzene rings is 1. The van der Waals surface area contributed by atoms with Crippen LogP contribution in [-0.2, 0) is 0 Å². The van der Waals surface area contributed by atoms with Crippen LogP contribution in [0.5, 0.6) is 0 Å². The minimum absolute atomic E-state index is 0.0986. The highest BCUT2D eigenvalue weighted by molar-refractivity contribution is 9.10. The first kappa shape index (κ1) is 12.8. The van der Waals surface area contributed by atoms with Crippen LogP contribution in [0.2, 0.25) is 0 Å². The molecule has 0 unspecified atom stereocenters. The fraction of sp³-hybridized carbons (Fsp3) is 0.0667. The van der Waals surface area contributed by atoms with Crippen LogP contribution >= 0.6 is 27.3 Å². The Bertz CT molecular complexity index is 789. The van der Waals surface area contributed by atoms with Gasteiger partial charge in [-0.3, -0.25) is 4.57 Å².